The average Bonchev–Trinajstić information content (AvgIpc) is 2.14. The molecule has 2 atom stereocenters. The third-order valence-corrected chi connectivity index (χ3v) is 3.14. The van der Waals surface area contributed by atoms with Crippen LogP contribution in [-0.4, -0.2) is 0 Å². The lowest BCUT2D eigenvalue weighted by molar-refractivity contribution is 0.196. The Labute approximate surface area is 74.6 Å². The molecule has 12 heavy (non-hydrogen) atoms. The molecule has 0 aromatic heterocycles. The summed E-state index contributed by atoms with van der Waals surface area (Å²) in [5, 5.41) is 0. The maximum absolute atomic E-state index is 2.37. The second-order valence-electron chi connectivity index (χ2n) is 4.00. The Balaban J connectivity index is 1.95. The maximum atomic E-state index is 2.37. The van der Waals surface area contributed by atoms with Crippen LogP contribution in [0.3, 0.4) is 0 Å². The van der Waals surface area contributed by atoms with Gasteiger partial charge in [-0.2, -0.15) is 0 Å². The van der Waals surface area contributed by atoms with Crippen molar-refractivity contribution in [2.45, 2.75) is 26.2 Å². The summed E-state index contributed by atoms with van der Waals surface area (Å²) in [6.45, 7) is 2.37. The summed E-state index contributed by atoms with van der Waals surface area (Å²) in [5.41, 5.74) is 1.51. The molecule has 0 aliphatic heterocycles. The first-order valence-corrected chi connectivity index (χ1v) is 4.90. The lowest BCUT2D eigenvalue weighted by Crippen LogP contribution is -2.24. The Morgan fingerprint density at radius 1 is 1.17 bits per heavy atom. The van der Waals surface area contributed by atoms with Gasteiger partial charge in [0.2, 0.25) is 0 Å². The van der Waals surface area contributed by atoms with Crippen LogP contribution in [0, 0.1) is 11.8 Å². The van der Waals surface area contributed by atoms with Gasteiger partial charge in [0.15, 0.2) is 0 Å². The lowest BCUT2D eigenvalue weighted by Gasteiger charge is -2.33. The molecular formula is C12H16. The van der Waals surface area contributed by atoms with E-state index in [0.29, 0.717) is 0 Å². The number of hydrogen-bond donors (Lipinski definition) is 0. The molecule has 0 amide bonds. The Kier molecular flexibility index (Phi) is 2.16. The van der Waals surface area contributed by atoms with Gasteiger partial charge in [-0.15, -0.1) is 0 Å². The fourth-order valence-electron chi connectivity index (χ4n) is 1.96. The monoisotopic (exact) mass is 160 g/mol. The molecule has 1 saturated carbocycles. The molecule has 1 aromatic carbocycles. The van der Waals surface area contributed by atoms with Crippen LogP contribution in [0.2, 0.25) is 0 Å². The molecule has 1 aliphatic carbocycles. The minimum Gasteiger partial charge on any atom is -0.0622 e. The van der Waals surface area contributed by atoms with Gasteiger partial charge in [0.1, 0.15) is 0 Å². The van der Waals surface area contributed by atoms with Crippen LogP contribution in [0.15, 0.2) is 30.3 Å². The van der Waals surface area contributed by atoms with E-state index in [1.807, 2.05) is 0 Å². The van der Waals surface area contributed by atoms with E-state index in [1.165, 1.54) is 24.8 Å². The van der Waals surface area contributed by atoms with Crippen LogP contribution in [0.25, 0.3) is 0 Å². The largest absolute Gasteiger partial charge is 0.0622 e. The van der Waals surface area contributed by atoms with Crippen LogP contribution < -0.4 is 0 Å². The van der Waals surface area contributed by atoms with E-state index in [2.05, 4.69) is 37.3 Å². The first kappa shape index (κ1) is 7.85. The SMILES string of the molecule is CC1CCC1Cc1ccccc1. The first-order valence-electron chi connectivity index (χ1n) is 4.90. The Morgan fingerprint density at radius 2 is 1.92 bits per heavy atom. The van der Waals surface area contributed by atoms with Crippen molar-refractivity contribution in [1.82, 2.24) is 0 Å². The van der Waals surface area contributed by atoms with Crippen molar-refractivity contribution >= 4 is 0 Å². The highest BCUT2D eigenvalue weighted by molar-refractivity contribution is 5.15. The second-order valence-corrected chi connectivity index (χ2v) is 4.00. The predicted molar refractivity (Wildman–Crippen MR) is 52.0 cm³/mol. The van der Waals surface area contributed by atoms with Crippen molar-refractivity contribution in [3.8, 4) is 0 Å². The fourth-order valence-corrected chi connectivity index (χ4v) is 1.96. The fraction of sp³-hybridized carbons (Fsp3) is 0.500. The Bertz CT molecular complexity index is 237. The van der Waals surface area contributed by atoms with Crippen LogP contribution >= 0.6 is 0 Å². The summed E-state index contributed by atoms with van der Waals surface area (Å²) in [4.78, 5) is 0. The van der Waals surface area contributed by atoms with Gasteiger partial charge in [-0.1, -0.05) is 43.7 Å². The van der Waals surface area contributed by atoms with Gasteiger partial charge in [0.25, 0.3) is 0 Å². The second kappa shape index (κ2) is 3.30. The molecule has 0 nitrogen and oxygen atoms in total. The molecule has 1 aliphatic rings. The number of benzene rings is 1. The molecular weight excluding hydrogens is 144 g/mol. The summed E-state index contributed by atoms with van der Waals surface area (Å²) < 4.78 is 0. The molecule has 2 unspecified atom stereocenters. The third-order valence-electron chi connectivity index (χ3n) is 3.14. The standard InChI is InChI=1S/C12H16/c1-10-7-8-12(10)9-11-5-3-2-4-6-11/h2-6,10,12H,7-9H2,1H3. The molecule has 0 heteroatoms. The molecule has 0 N–H and O–H groups in total. The zero-order chi connectivity index (χ0) is 8.39. The molecule has 0 heterocycles. The summed E-state index contributed by atoms with van der Waals surface area (Å²) in [5.74, 6) is 1.93. The number of rotatable bonds is 2. The normalized spacial score (nSPS) is 28.1. The molecule has 0 radical (unpaired) electrons. The minimum atomic E-state index is 0.963. The van der Waals surface area contributed by atoms with E-state index in [-0.39, 0.29) is 0 Å². The van der Waals surface area contributed by atoms with Crippen molar-refractivity contribution in [3.63, 3.8) is 0 Å². The van der Waals surface area contributed by atoms with Gasteiger partial charge in [0.05, 0.1) is 0 Å². The summed E-state index contributed by atoms with van der Waals surface area (Å²) in [6.07, 6.45) is 4.18. The van der Waals surface area contributed by atoms with Crippen LogP contribution in [0.1, 0.15) is 25.3 Å². The van der Waals surface area contributed by atoms with Crippen LogP contribution in [-0.2, 0) is 6.42 Å². The van der Waals surface area contributed by atoms with Gasteiger partial charge in [-0.25, -0.2) is 0 Å². The van der Waals surface area contributed by atoms with E-state index in [9.17, 15) is 0 Å². The Hall–Kier alpha value is -0.780. The first-order chi connectivity index (χ1) is 5.86. The smallest absolute Gasteiger partial charge is 0.0248 e. The van der Waals surface area contributed by atoms with E-state index >= 15 is 0 Å². The maximum Gasteiger partial charge on any atom is -0.0248 e. The van der Waals surface area contributed by atoms with Gasteiger partial charge in [-0.05, 0) is 30.2 Å². The average molecular weight is 160 g/mol. The van der Waals surface area contributed by atoms with E-state index in [4.69, 9.17) is 0 Å². The highest BCUT2D eigenvalue weighted by Crippen LogP contribution is 2.35. The van der Waals surface area contributed by atoms with E-state index in [1.54, 1.807) is 0 Å². The molecule has 0 saturated heterocycles. The van der Waals surface area contributed by atoms with Crippen molar-refractivity contribution < 1.29 is 0 Å². The molecule has 0 spiro atoms. The quantitative estimate of drug-likeness (QED) is 0.623. The predicted octanol–water partition coefficient (Wildman–Crippen LogP) is 3.28. The van der Waals surface area contributed by atoms with Crippen LogP contribution in [0.5, 0.6) is 0 Å². The summed E-state index contributed by atoms with van der Waals surface area (Å²) in [6, 6.07) is 10.8. The van der Waals surface area contributed by atoms with Crippen molar-refractivity contribution in [2.24, 2.45) is 11.8 Å². The molecule has 0 bridgehead atoms. The number of hydrogen-bond acceptors (Lipinski definition) is 0. The van der Waals surface area contributed by atoms with Crippen LogP contribution in [0.4, 0.5) is 0 Å². The van der Waals surface area contributed by atoms with Gasteiger partial charge in [-0.3, -0.25) is 0 Å². The Morgan fingerprint density at radius 3 is 2.42 bits per heavy atom. The van der Waals surface area contributed by atoms with Crippen molar-refractivity contribution in [3.05, 3.63) is 35.9 Å². The van der Waals surface area contributed by atoms with Gasteiger partial charge in [0, 0.05) is 0 Å². The topological polar surface area (TPSA) is 0 Å². The highest BCUT2D eigenvalue weighted by atomic mass is 14.3. The van der Waals surface area contributed by atoms with E-state index in [0.717, 1.165) is 11.8 Å². The van der Waals surface area contributed by atoms with Crippen molar-refractivity contribution in [2.75, 3.05) is 0 Å². The van der Waals surface area contributed by atoms with Gasteiger partial charge < -0.3 is 0 Å². The summed E-state index contributed by atoms with van der Waals surface area (Å²) >= 11 is 0. The third kappa shape index (κ3) is 1.52. The van der Waals surface area contributed by atoms with Crippen molar-refractivity contribution in [1.29, 1.82) is 0 Å². The zero-order valence-electron chi connectivity index (χ0n) is 7.66. The van der Waals surface area contributed by atoms with E-state index < -0.39 is 0 Å². The molecule has 2 rings (SSSR count). The molecule has 1 aromatic rings. The highest BCUT2D eigenvalue weighted by Gasteiger charge is 2.26. The minimum absolute atomic E-state index is 0.963. The zero-order valence-corrected chi connectivity index (χ0v) is 7.66. The summed E-state index contributed by atoms with van der Waals surface area (Å²) in [7, 11) is 0. The molecule has 64 valence electrons. The van der Waals surface area contributed by atoms with Gasteiger partial charge >= 0.3 is 0 Å². The molecule has 1 fully saturated rings. The lowest BCUT2D eigenvalue weighted by atomic mass is 9.72.